The van der Waals surface area contributed by atoms with E-state index in [1.54, 1.807) is 0 Å². The normalized spacial score (nSPS) is 11.3. The minimum Gasteiger partial charge on any atom is -0.137 e. The van der Waals surface area contributed by atoms with Gasteiger partial charge in [0.1, 0.15) is 13.1 Å². The van der Waals surface area contributed by atoms with Gasteiger partial charge < -0.3 is 0 Å². The number of aromatic nitrogens is 3. The van der Waals surface area contributed by atoms with Gasteiger partial charge in [-0.2, -0.15) is 0 Å². The van der Waals surface area contributed by atoms with Crippen molar-refractivity contribution < 1.29 is 4.68 Å². The van der Waals surface area contributed by atoms with E-state index in [1.807, 2.05) is 0 Å². The van der Waals surface area contributed by atoms with Crippen molar-refractivity contribution >= 4 is 37.1 Å². The Morgan fingerprint density at radius 3 is 1.37 bits per heavy atom. The molecule has 4 aromatic carbocycles. The van der Waals surface area contributed by atoms with Crippen molar-refractivity contribution in [3.8, 4) is 0 Å². The summed E-state index contributed by atoms with van der Waals surface area (Å²) in [5, 5.41) is 10.6. The van der Waals surface area contributed by atoms with Gasteiger partial charge in [0.15, 0.2) is 12.4 Å². The Labute approximate surface area is 210 Å². The molecule has 0 radical (unpaired) electrons. The second-order valence-corrected chi connectivity index (χ2v) is 13.0. The van der Waals surface area contributed by atoms with E-state index in [-0.39, 0.29) is 0 Å². The zero-order chi connectivity index (χ0) is 23.7. The van der Waals surface area contributed by atoms with Gasteiger partial charge in [-0.25, -0.2) is 0 Å². The molecule has 0 unspecified atom stereocenters. The molecular formula is C30H30N3P2+. The summed E-state index contributed by atoms with van der Waals surface area (Å²) in [5.74, 6) is 0. The van der Waals surface area contributed by atoms with Crippen LogP contribution >= 0.6 is 15.8 Å². The average Bonchev–Trinajstić information content (AvgIpc) is 3.39. The second kappa shape index (κ2) is 12.0. The van der Waals surface area contributed by atoms with E-state index in [4.69, 9.17) is 5.21 Å². The largest absolute Gasteiger partial charge is 0.155 e. The molecule has 0 fully saturated rings. The van der Waals surface area contributed by atoms with Crippen LogP contribution in [-0.2, 0) is 13.1 Å². The number of hydrogen-bond acceptors (Lipinski definition) is 1. The molecular weight excluding hydrogens is 465 g/mol. The summed E-state index contributed by atoms with van der Waals surface area (Å²) in [5.41, 5.74) is 0. The third kappa shape index (κ3) is 6.31. The van der Waals surface area contributed by atoms with Crippen LogP contribution in [0.25, 0.3) is 0 Å². The lowest BCUT2D eigenvalue weighted by molar-refractivity contribution is -0.751. The lowest BCUT2D eigenvalue weighted by Gasteiger charge is -2.17. The SMILES string of the molecule is c1ccc(P(CCn2cc[n+](CCP(c3ccccc3)c3ccccc3)[15n]2)c2ccccc2)cc1. The lowest BCUT2D eigenvalue weighted by Crippen LogP contribution is -2.38. The van der Waals surface area contributed by atoms with Gasteiger partial charge in [-0.05, 0) is 37.1 Å². The maximum absolute atomic E-state index is 4.88. The lowest BCUT2D eigenvalue weighted by atomic mass is 10.4. The Morgan fingerprint density at radius 1 is 0.543 bits per heavy atom. The summed E-state index contributed by atoms with van der Waals surface area (Å²) in [7, 11) is -0.822. The maximum atomic E-state index is 4.88. The van der Waals surface area contributed by atoms with Crippen LogP contribution in [0.1, 0.15) is 0 Å². The topological polar surface area (TPSA) is 21.7 Å². The molecule has 0 aliphatic carbocycles. The molecule has 174 valence electrons. The Bertz CT molecular complexity index is 1110. The quantitative estimate of drug-likeness (QED) is 0.208. The second-order valence-electron chi connectivity index (χ2n) is 8.36. The van der Waals surface area contributed by atoms with Crippen molar-refractivity contribution in [3.63, 3.8) is 0 Å². The van der Waals surface area contributed by atoms with Gasteiger partial charge in [0, 0.05) is 12.3 Å². The summed E-state index contributed by atoms with van der Waals surface area (Å²) < 4.78 is 4.21. The Hall–Kier alpha value is -3.12. The Balaban J connectivity index is 1.26. The van der Waals surface area contributed by atoms with Gasteiger partial charge in [-0.15, -0.1) is 9.36 Å². The van der Waals surface area contributed by atoms with Gasteiger partial charge in [0.05, 0.1) is 5.21 Å². The van der Waals surface area contributed by atoms with E-state index >= 15 is 0 Å². The van der Waals surface area contributed by atoms with Crippen LogP contribution in [0.2, 0.25) is 0 Å². The first kappa shape index (κ1) is 23.6. The smallest absolute Gasteiger partial charge is 0.137 e. The molecule has 5 rings (SSSR count). The molecule has 0 saturated heterocycles. The van der Waals surface area contributed by atoms with Gasteiger partial charge in [0.25, 0.3) is 0 Å². The summed E-state index contributed by atoms with van der Waals surface area (Å²) in [6.45, 7) is 1.82. The molecule has 1 heterocycles. The predicted molar refractivity (Wildman–Crippen MR) is 150 cm³/mol. The molecule has 1 aromatic heterocycles. The molecule has 0 bridgehead atoms. The molecule has 0 amide bonds. The zero-order valence-electron chi connectivity index (χ0n) is 19.8. The average molecular weight is 496 g/mol. The summed E-state index contributed by atoms with van der Waals surface area (Å²) in [6.07, 6.45) is 6.39. The molecule has 35 heavy (non-hydrogen) atoms. The standard InChI is InChI=1S/C30H30N3P2/c1-5-13-27(14-6-1)34(28-15-7-2-8-16-28)25-23-32-21-22-33(31-32)24-26-35(29-17-9-3-10-18-29)30-19-11-4-12-20-30/h1-22H,23-26H2/q+1/i31+1. The molecule has 0 aliphatic rings. The summed E-state index contributed by atoms with van der Waals surface area (Å²) >= 11 is 0. The first-order valence-electron chi connectivity index (χ1n) is 12.1. The van der Waals surface area contributed by atoms with Crippen molar-refractivity contribution in [2.24, 2.45) is 0 Å². The van der Waals surface area contributed by atoms with E-state index in [1.165, 1.54) is 21.2 Å². The fourth-order valence-corrected chi connectivity index (χ4v) is 8.82. The monoisotopic (exact) mass is 495 g/mol. The van der Waals surface area contributed by atoms with Crippen molar-refractivity contribution in [3.05, 3.63) is 134 Å². The van der Waals surface area contributed by atoms with Crippen LogP contribution in [0, 0.1) is 0 Å². The molecule has 5 aromatic rings. The number of benzene rings is 4. The minimum atomic E-state index is -0.411. The van der Waals surface area contributed by atoms with Crippen LogP contribution in [0.5, 0.6) is 0 Å². The van der Waals surface area contributed by atoms with Gasteiger partial charge in [0.2, 0.25) is 0 Å². The predicted octanol–water partition coefficient (Wildman–Crippen LogP) is 4.44. The summed E-state index contributed by atoms with van der Waals surface area (Å²) in [6, 6.07) is 43.6. The van der Waals surface area contributed by atoms with Crippen LogP contribution < -0.4 is 25.9 Å². The number of aryl methyl sites for hydroxylation is 2. The highest BCUT2D eigenvalue weighted by Crippen LogP contribution is 2.34. The first-order valence-corrected chi connectivity index (χ1v) is 15.1. The van der Waals surface area contributed by atoms with Gasteiger partial charge >= 0.3 is 0 Å². The van der Waals surface area contributed by atoms with Crippen molar-refractivity contribution in [1.29, 1.82) is 0 Å². The van der Waals surface area contributed by atoms with Gasteiger partial charge in [-0.3, -0.25) is 0 Å². The molecule has 0 spiro atoms. The fraction of sp³-hybridized carbons (Fsp3) is 0.133. The molecule has 5 heteroatoms. The van der Waals surface area contributed by atoms with Crippen molar-refractivity contribution in [1.82, 2.24) is 9.90 Å². The highest BCUT2D eigenvalue weighted by molar-refractivity contribution is 7.73. The molecule has 3 nitrogen and oxygen atoms in total. The van der Waals surface area contributed by atoms with Crippen LogP contribution in [0.15, 0.2) is 134 Å². The fourth-order valence-electron chi connectivity index (χ4n) is 4.25. The van der Waals surface area contributed by atoms with E-state index < -0.39 is 15.8 Å². The molecule has 0 atom stereocenters. The molecule has 0 aliphatic heterocycles. The summed E-state index contributed by atoms with van der Waals surface area (Å²) in [4.78, 5) is 0. The van der Waals surface area contributed by atoms with Crippen molar-refractivity contribution in [2.45, 2.75) is 13.1 Å². The van der Waals surface area contributed by atoms with Crippen LogP contribution in [-0.4, -0.2) is 22.2 Å². The van der Waals surface area contributed by atoms with E-state index in [0.29, 0.717) is 0 Å². The first-order chi connectivity index (χ1) is 17.4. The highest BCUT2D eigenvalue weighted by atomic mass is 31.1. The maximum Gasteiger partial charge on any atom is 0.155 e. The van der Waals surface area contributed by atoms with Crippen molar-refractivity contribution in [2.75, 3.05) is 12.3 Å². The molecule has 0 saturated carbocycles. The number of rotatable bonds is 10. The molecule has 0 N–H and O–H groups in total. The number of hydrogen-bond donors (Lipinski definition) is 0. The third-order valence-electron chi connectivity index (χ3n) is 6.02. The minimum absolute atomic E-state index is 0.411. The third-order valence-corrected chi connectivity index (χ3v) is 11.0. The number of nitrogens with zero attached hydrogens (tertiary/aromatic N) is 3. The Kier molecular flexibility index (Phi) is 8.11. The van der Waals surface area contributed by atoms with Crippen LogP contribution in [0.4, 0.5) is 0 Å². The van der Waals surface area contributed by atoms with E-state index in [9.17, 15) is 0 Å². The zero-order valence-corrected chi connectivity index (χ0v) is 21.6. The highest BCUT2D eigenvalue weighted by Gasteiger charge is 2.18. The van der Waals surface area contributed by atoms with Gasteiger partial charge in [-0.1, -0.05) is 121 Å². The van der Waals surface area contributed by atoms with E-state index in [0.717, 1.165) is 25.4 Å². The van der Waals surface area contributed by atoms with Crippen LogP contribution in [0.3, 0.4) is 0 Å². The Morgan fingerprint density at radius 2 is 0.943 bits per heavy atom. The van der Waals surface area contributed by atoms with E-state index in [2.05, 4.69) is 143 Å².